The number of anilines is 1. The number of benzene rings is 2. The number of aliphatic imine (C=N–C) groups is 1. The van der Waals surface area contributed by atoms with Gasteiger partial charge in [0.2, 0.25) is 5.96 Å². The summed E-state index contributed by atoms with van der Waals surface area (Å²) in [5.41, 5.74) is 2.90. The fraction of sp³-hybridized carbons (Fsp3) is 0.174. The number of rotatable bonds is 6. The van der Waals surface area contributed by atoms with Gasteiger partial charge < -0.3 is 10.1 Å². The van der Waals surface area contributed by atoms with Crippen LogP contribution in [0.3, 0.4) is 0 Å². The molecule has 1 aromatic heterocycles. The zero-order chi connectivity index (χ0) is 21.3. The van der Waals surface area contributed by atoms with E-state index in [0.29, 0.717) is 35.4 Å². The lowest BCUT2D eigenvalue weighted by atomic mass is 10.2. The zero-order valence-corrected chi connectivity index (χ0v) is 17.6. The third kappa shape index (κ3) is 5.81. The van der Waals surface area contributed by atoms with Crippen LogP contribution in [0.1, 0.15) is 28.5 Å². The van der Waals surface area contributed by atoms with E-state index in [0.717, 1.165) is 16.9 Å². The second-order valence-electron chi connectivity index (χ2n) is 6.43. The van der Waals surface area contributed by atoms with Crippen molar-refractivity contribution in [1.29, 1.82) is 0 Å². The number of pyridine rings is 1. The number of carbonyl (C=O) groups excluding carboxylic acids is 1. The molecule has 0 fully saturated rings. The van der Waals surface area contributed by atoms with E-state index >= 15 is 0 Å². The molecule has 0 aliphatic carbocycles. The van der Waals surface area contributed by atoms with Gasteiger partial charge in [-0.25, -0.2) is 4.99 Å². The summed E-state index contributed by atoms with van der Waals surface area (Å²) in [6.07, 6.45) is 1.71. The number of hydrogen-bond acceptors (Lipinski definition) is 4. The van der Waals surface area contributed by atoms with E-state index in [1.807, 2.05) is 50.2 Å². The first-order valence-corrected chi connectivity index (χ1v) is 9.95. The minimum atomic E-state index is -0.287. The average molecular weight is 423 g/mol. The number of nitrogens with one attached hydrogen (secondary N) is 2. The van der Waals surface area contributed by atoms with Crippen LogP contribution in [-0.2, 0) is 6.54 Å². The first-order valence-electron chi connectivity index (χ1n) is 9.57. The molecule has 1 heterocycles. The SMILES string of the molecule is CCOc1ccc(C(=O)NC(=NCc2ccccn2)Nc2cccc(Cl)c2C)cc1. The van der Waals surface area contributed by atoms with Crippen molar-refractivity contribution < 1.29 is 9.53 Å². The molecule has 0 bridgehead atoms. The van der Waals surface area contributed by atoms with Gasteiger partial charge in [0.1, 0.15) is 5.75 Å². The number of ether oxygens (including phenoxy) is 1. The fourth-order valence-electron chi connectivity index (χ4n) is 2.68. The first-order chi connectivity index (χ1) is 14.6. The highest BCUT2D eigenvalue weighted by Crippen LogP contribution is 2.23. The summed E-state index contributed by atoms with van der Waals surface area (Å²) >= 11 is 6.22. The van der Waals surface area contributed by atoms with Gasteiger partial charge in [0.05, 0.1) is 18.8 Å². The van der Waals surface area contributed by atoms with Gasteiger partial charge >= 0.3 is 0 Å². The fourth-order valence-corrected chi connectivity index (χ4v) is 2.86. The largest absolute Gasteiger partial charge is 0.494 e. The predicted octanol–water partition coefficient (Wildman–Crippen LogP) is 4.84. The molecule has 0 spiro atoms. The number of halogens is 1. The normalized spacial score (nSPS) is 11.1. The minimum Gasteiger partial charge on any atom is -0.494 e. The Kier molecular flexibility index (Phi) is 7.40. The maximum Gasteiger partial charge on any atom is 0.257 e. The third-order valence-electron chi connectivity index (χ3n) is 4.31. The number of hydrogen-bond donors (Lipinski definition) is 2. The first kappa shape index (κ1) is 21.3. The Balaban J connectivity index is 1.80. The molecule has 1 amide bonds. The Morgan fingerprint density at radius 3 is 2.60 bits per heavy atom. The molecule has 6 nitrogen and oxygen atoms in total. The molecule has 0 aliphatic rings. The van der Waals surface area contributed by atoms with Crippen LogP contribution in [0.15, 0.2) is 71.9 Å². The Labute approximate surface area is 181 Å². The van der Waals surface area contributed by atoms with Gasteiger partial charge in [0.15, 0.2) is 0 Å². The number of aromatic nitrogens is 1. The van der Waals surface area contributed by atoms with E-state index in [2.05, 4.69) is 20.6 Å². The zero-order valence-electron chi connectivity index (χ0n) is 16.9. The Hall–Kier alpha value is -3.38. The lowest BCUT2D eigenvalue weighted by molar-refractivity contribution is 0.0977. The molecule has 0 saturated carbocycles. The maximum atomic E-state index is 12.8. The molecule has 30 heavy (non-hydrogen) atoms. The van der Waals surface area contributed by atoms with Crippen molar-refractivity contribution in [3.05, 3.63) is 88.7 Å². The number of amides is 1. The molecule has 154 valence electrons. The highest BCUT2D eigenvalue weighted by molar-refractivity contribution is 6.31. The number of guanidine groups is 1. The van der Waals surface area contributed by atoms with Crippen LogP contribution < -0.4 is 15.4 Å². The van der Waals surface area contributed by atoms with Crippen LogP contribution in [0, 0.1) is 6.92 Å². The topological polar surface area (TPSA) is 75.6 Å². The van der Waals surface area contributed by atoms with Gasteiger partial charge in [0, 0.05) is 22.5 Å². The van der Waals surface area contributed by atoms with E-state index in [-0.39, 0.29) is 5.91 Å². The van der Waals surface area contributed by atoms with Crippen molar-refractivity contribution in [1.82, 2.24) is 10.3 Å². The molecule has 2 aromatic carbocycles. The highest BCUT2D eigenvalue weighted by Gasteiger charge is 2.11. The summed E-state index contributed by atoms with van der Waals surface area (Å²) in [5, 5.41) is 6.64. The van der Waals surface area contributed by atoms with E-state index in [1.165, 1.54) is 0 Å². The quantitative estimate of drug-likeness (QED) is 0.440. The highest BCUT2D eigenvalue weighted by atomic mass is 35.5. The van der Waals surface area contributed by atoms with Crippen LogP contribution in [-0.4, -0.2) is 23.5 Å². The Bertz CT molecular complexity index is 1020. The van der Waals surface area contributed by atoms with E-state index in [4.69, 9.17) is 16.3 Å². The van der Waals surface area contributed by atoms with Crippen LogP contribution >= 0.6 is 11.6 Å². The lowest BCUT2D eigenvalue weighted by Crippen LogP contribution is -2.36. The van der Waals surface area contributed by atoms with Gasteiger partial charge in [-0.1, -0.05) is 23.7 Å². The molecule has 0 unspecified atom stereocenters. The molecule has 3 rings (SSSR count). The Morgan fingerprint density at radius 1 is 1.10 bits per heavy atom. The number of nitrogens with zero attached hydrogens (tertiary/aromatic N) is 2. The molecule has 0 atom stereocenters. The standard InChI is InChI=1S/C23H23ClN4O2/c1-3-30-19-12-10-17(11-13-19)22(29)28-23(26-15-18-7-4-5-14-25-18)27-21-9-6-8-20(24)16(21)2/h4-14H,3,15H2,1-2H3,(H2,26,27,28,29). The van der Waals surface area contributed by atoms with Gasteiger partial charge in [-0.05, 0) is 67.9 Å². The summed E-state index contributed by atoms with van der Waals surface area (Å²) in [4.78, 5) is 21.6. The second-order valence-corrected chi connectivity index (χ2v) is 6.84. The molecule has 3 aromatic rings. The van der Waals surface area contributed by atoms with Crippen LogP contribution in [0.4, 0.5) is 5.69 Å². The van der Waals surface area contributed by atoms with Gasteiger partial charge in [-0.15, -0.1) is 0 Å². The molecular formula is C23H23ClN4O2. The van der Waals surface area contributed by atoms with Gasteiger partial charge in [-0.3, -0.25) is 15.1 Å². The smallest absolute Gasteiger partial charge is 0.257 e. The average Bonchev–Trinajstić information content (AvgIpc) is 2.76. The molecule has 0 aliphatic heterocycles. The Morgan fingerprint density at radius 2 is 1.90 bits per heavy atom. The van der Waals surface area contributed by atoms with E-state index in [1.54, 1.807) is 30.5 Å². The molecule has 7 heteroatoms. The minimum absolute atomic E-state index is 0.287. The molecule has 0 radical (unpaired) electrons. The molecule has 0 saturated heterocycles. The van der Waals surface area contributed by atoms with Crippen molar-refractivity contribution >= 4 is 29.2 Å². The summed E-state index contributed by atoms with van der Waals surface area (Å²) in [6, 6.07) is 18.1. The van der Waals surface area contributed by atoms with E-state index < -0.39 is 0 Å². The third-order valence-corrected chi connectivity index (χ3v) is 4.71. The van der Waals surface area contributed by atoms with Crippen molar-refractivity contribution in [2.75, 3.05) is 11.9 Å². The monoisotopic (exact) mass is 422 g/mol. The van der Waals surface area contributed by atoms with Crippen molar-refractivity contribution in [3.63, 3.8) is 0 Å². The lowest BCUT2D eigenvalue weighted by Gasteiger charge is -2.14. The summed E-state index contributed by atoms with van der Waals surface area (Å²) in [7, 11) is 0. The summed E-state index contributed by atoms with van der Waals surface area (Å²) < 4.78 is 5.43. The predicted molar refractivity (Wildman–Crippen MR) is 120 cm³/mol. The van der Waals surface area contributed by atoms with E-state index in [9.17, 15) is 4.79 Å². The summed E-state index contributed by atoms with van der Waals surface area (Å²) in [6.45, 7) is 4.69. The number of carbonyl (C=O) groups is 1. The second kappa shape index (κ2) is 10.4. The molecule has 2 N–H and O–H groups in total. The van der Waals surface area contributed by atoms with Crippen LogP contribution in [0.25, 0.3) is 0 Å². The molecular weight excluding hydrogens is 400 g/mol. The van der Waals surface area contributed by atoms with Crippen LogP contribution in [0.5, 0.6) is 5.75 Å². The van der Waals surface area contributed by atoms with Crippen molar-refractivity contribution in [3.8, 4) is 5.75 Å². The van der Waals surface area contributed by atoms with Crippen molar-refractivity contribution in [2.45, 2.75) is 20.4 Å². The summed E-state index contributed by atoms with van der Waals surface area (Å²) in [5.74, 6) is 0.737. The van der Waals surface area contributed by atoms with Crippen LogP contribution in [0.2, 0.25) is 5.02 Å². The van der Waals surface area contributed by atoms with Gasteiger partial charge in [-0.2, -0.15) is 0 Å². The maximum absolute atomic E-state index is 12.8. The van der Waals surface area contributed by atoms with Gasteiger partial charge in [0.25, 0.3) is 5.91 Å². The van der Waals surface area contributed by atoms with Crippen molar-refractivity contribution in [2.24, 2.45) is 4.99 Å².